The zero-order chi connectivity index (χ0) is 30.7. The van der Waals surface area contributed by atoms with Gasteiger partial charge in [-0.05, 0) is 80.3 Å². The summed E-state index contributed by atoms with van der Waals surface area (Å²) >= 11 is 0. The quantitative estimate of drug-likeness (QED) is 0.486. The second kappa shape index (κ2) is 11.1. The first kappa shape index (κ1) is 30.4. The van der Waals surface area contributed by atoms with Gasteiger partial charge in [0.1, 0.15) is 5.60 Å². The number of aliphatic hydroxyl groups is 2. The lowest BCUT2D eigenvalue weighted by Gasteiger charge is -2.60. The number of likely N-dealkylation sites (N-methyl/N-ethyl adjacent to an activating group) is 1. The molecular weight excluding hydrogens is 544 g/mol. The predicted molar refractivity (Wildman–Crippen MR) is 162 cm³/mol. The lowest BCUT2D eigenvalue weighted by atomic mass is 9.45. The molecule has 0 radical (unpaired) electrons. The molecule has 8 heteroatoms. The van der Waals surface area contributed by atoms with Crippen LogP contribution in [0.2, 0.25) is 0 Å². The number of Topliss-reactive ketones (excluding diaryl/α,β-unsaturated/α-hetero) is 1. The summed E-state index contributed by atoms with van der Waals surface area (Å²) in [7, 11) is 2.12. The third-order valence-corrected chi connectivity index (χ3v) is 11.9. The number of ether oxygens (including phenoxy) is 1. The first-order valence-corrected chi connectivity index (χ1v) is 15.9. The summed E-state index contributed by atoms with van der Waals surface area (Å²) in [6.07, 6.45) is 6.61. The normalized spacial score (nSPS) is 39.4. The number of aliphatic hydroxyl groups excluding tert-OH is 1. The highest BCUT2D eigenvalue weighted by Crippen LogP contribution is 2.67. The number of hydrogen-bond donors (Lipinski definition) is 2. The highest BCUT2D eigenvalue weighted by molar-refractivity contribution is 6.01. The Kier molecular flexibility index (Phi) is 7.81. The highest BCUT2D eigenvalue weighted by Gasteiger charge is 2.68. The monoisotopic (exact) mass is 590 g/mol. The van der Waals surface area contributed by atoms with Gasteiger partial charge in [-0.25, -0.2) is 4.79 Å². The van der Waals surface area contributed by atoms with Gasteiger partial charge in [-0.1, -0.05) is 44.6 Å². The van der Waals surface area contributed by atoms with Crippen molar-refractivity contribution in [1.82, 2.24) is 9.80 Å². The zero-order valence-corrected chi connectivity index (χ0v) is 25.9. The summed E-state index contributed by atoms with van der Waals surface area (Å²) in [6, 6.07) is 7.35. The summed E-state index contributed by atoms with van der Waals surface area (Å²) < 4.78 is 5.52. The van der Waals surface area contributed by atoms with Crippen LogP contribution in [-0.2, 0) is 20.9 Å². The van der Waals surface area contributed by atoms with Crippen LogP contribution in [0.15, 0.2) is 48.1 Å². The SMILES string of the molecule is C[C@H]1CC2C(C(O)CC3(C)C2CC[C@]3(O)C(=O)COC(=O)c2cccc(CN3CCN(C)CC3)c2)C2(C)C=CC(=O)C=C12. The van der Waals surface area contributed by atoms with E-state index in [0.29, 0.717) is 12.0 Å². The van der Waals surface area contributed by atoms with E-state index in [9.17, 15) is 24.6 Å². The van der Waals surface area contributed by atoms with E-state index in [2.05, 4.69) is 30.7 Å². The summed E-state index contributed by atoms with van der Waals surface area (Å²) in [5.41, 5.74) is -0.475. The molecule has 6 unspecified atom stereocenters. The Morgan fingerprint density at radius 3 is 2.63 bits per heavy atom. The number of esters is 1. The van der Waals surface area contributed by atoms with Crippen LogP contribution in [0.1, 0.15) is 62.4 Å². The van der Waals surface area contributed by atoms with Crippen LogP contribution < -0.4 is 0 Å². The van der Waals surface area contributed by atoms with Crippen molar-refractivity contribution < 1.29 is 29.3 Å². The van der Waals surface area contributed by atoms with Crippen LogP contribution in [0.4, 0.5) is 0 Å². The number of nitrogens with zero attached hydrogens (tertiary/aromatic N) is 2. The van der Waals surface area contributed by atoms with Crippen molar-refractivity contribution in [3.8, 4) is 0 Å². The fourth-order valence-corrected chi connectivity index (χ4v) is 9.61. The molecule has 5 aliphatic rings. The molecule has 0 aromatic heterocycles. The van der Waals surface area contributed by atoms with Crippen molar-refractivity contribution in [3.63, 3.8) is 0 Å². The second-order valence-corrected chi connectivity index (χ2v) is 14.4. The average Bonchev–Trinajstić information content (AvgIpc) is 3.24. The molecule has 1 aromatic carbocycles. The molecule has 8 nitrogen and oxygen atoms in total. The van der Waals surface area contributed by atoms with E-state index in [4.69, 9.17) is 4.74 Å². The Hall–Kier alpha value is -2.65. The molecule has 0 amide bonds. The van der Waals surface area contributed by atoms with Crippen molar-refractivity contribution >= 4 is 17.5 Å². The van der Waals surface area contributed by atoms with Gasteiger partial charge in [0.25, 0.3) is 0 Å². The largest absolute Gasteiger partial charge is 0.454 e. The molecule has 1 aliphatic heterocycles. The molecule has 4 fully saturated rings. The van der Waals surface area contributed by atoms with Crippen molar-refractivity contribution in [3.05, 3.63) is 59.2 Å². The Labute approximate surface area is 254 Å². The number of allylic oxidation sites excluding steroid dienone is 4. The van der Waals surface area contributed by atoms with E-state index >= 15 is 0 Å². The standard InChI is InChI=1S/C35H46N2O6/c1-22-16-26-27-9-11-35(42,34(27,3)19-29(39)31(26)33(2)10-8-25(38)18-28(22)33)30(40)21-43-32(41)24-7-5-6-23(17-24)20-37-14-12-36(4)13-15-37/h5-8,10,17-18,22,26-27,29,31,39,42H,9,11-16,19-21H2,1-4H3/t22-,26?,27?,29?,31?,33?,34?,35-/m0/s1. The molecule has 1 aromatic rings. The second-order valence-electron chi connectivity index (χ2n) is 14.4. The number of carbonyl (C=O) groups is 3. The number of rotatable bonds is 6. The van der Waals surface area contributed by atoms with Crippen LogP contribution in [0.3, 0.4) is 0 Å². The number of hydrogen-bond acceptors (Lipinski definition) is 8. The van der Waals surface area contributed by atoms with E-state index in [0.717, 1.165) is 50.3 Å². The molecule has 0 spiro atoms. The zero-order valence-electron chi connectivity index (χ0n) is 25.9. The maximum absolute atomic E-state index is 13.7. The number of ketones is 2. The highest BCUT2D eigenvalue weighted by atomic mass is 16.5. The fourth-order valence-electron chi connectivity index (χ4n) is 9.61. The first-order valence-electron chi connectivity index (χ1n) is 15.9. The topological polar surface area (TPSA) is 107 Å². The van der Waals surface area contributed by atoms with E-state index in [1.807, 2.05) is 31.2 Å². The van der Waals surface area contributed by atoms with Gasteiger partial charge in [0, 0.05) is 49.5 Å². The molecule has 0 bridgehead atoms. The van der Waals surface area contributed by atoms with E-state index in [-0.39, 0.29) is 42.3 Å². The minimum atomic E-state index is -1.69. The van der Waals surface area contributed by atoms with Crippen LogP contribution in [0.5, 0.6) is 0 Å². The molecule has 3 saturated carbocycles. The lowest BCUT2D eigenvalue weighted by Crippen LogP contribution is -2.62. The van der Waals surface area contributed by atoms with Gasteiger partial charge < -0.3 is 19.8 Å². The summed E-state index contributed by atoms with van der Waals surface area (Å²) in [6.45, 7) is 10.4. The number of carbonyl (C=O) groups excluding carboxylic acids is 3. The Morgan fingerprint density at radius 1 is 1.14 bits per heavy atom. The van der Waals surface area contributed by atoms with Crippen molar-refractivity contribution in [2.24, 2.45) is 34.5 Å². The van der Waals surface area contributed by atoms with Gasteiger partial charge in [-0.3, -0.25) is 14.5 Å². The first-order chi connectivity index (χ1) is 20.4. The van der Waals surface area contributed by atoms with Gasteiger partial charge in [0.15, 0.2) is 12.4 Å². The maximum atomic E-state index is 13.7. The molecule has 2 N–H and O–H groups in total. The van der Waals surface area contributed by atoms with Crippen LogP contribution in [0.25, 0.3) is 0 Å². The molecule has 6 rings (SSSR count). The number of benzene rings is 1. The van der Waals surface area contributed by atoms with Crippen LogP contribution in [-0.4, -0.2) is 89.1 Å². The average molecular weight is 591 g/mol. The maximum Gasteiger partial charge on any atom is 0.338 e. The minimum absolute atomic E-state index is 0.00921. The van der Waals surface area contributed by atoms with Gasteiger partial charge in [0.2, 0.25) is 5.78 Å². The van der Waals surface area contributed by atoms with E-state index in [1.54, 1.807) is 18.2 Å². The van der Waals surface area contributed by atoms with E-state index < -0.39 is 40.9 Å². The van der Waals surface area contributed by atoms with Crippen LogP contribution >= 0.6 is 0 Å². The van der Waals surface area contributed by atoms with Crippen molar-refractivity contribution in [1.29, 1.82) is 0 Å². The van der Waals surface area contributed by atoms with Gasteiger partial charge >= 0.3 is 5.97 Å². The smallest absolute Gasteiger partial charge is 0.338 e. The van der Waals surface area contributed by atoms with Crippen molar-refractivity contribution in [2.45, 2.75) is 64.7 Å². The molecule has 1 saturated heterocycles. The Bertz CT molecular complexity index is 1360. The third kappa shape index (κ3) is 5.04. The lowest BCUT2D eigenvalue weighted by molar-refractivity contribution is -0.180. The molecule has 43 heavy (non-hydrogen) atoms. The van der Waals surface area contributed by atoms with Gasteiger partial charge in [0.05, 0.1) is 11.7 Å². The summed E-state index contributed by atoms with van der Waals surface area (Å²) in [4.78, 5) is 43.6. The predicted octanol–water partition coefficient (Wildman–Crippen LogP) is 3.42. The molecule has 232 valence electrons. The minimum Gasteiger partial charge on any atom is -0.454 e. The van der Waals surface area contributed by atoms with Gasteiger partial charge in [-0.2, -0.15) is 0 Å². The number of piperazine rings is 1. The summed E-state index contributed by atoms with van der Waals surface area (Å²) in [5.74, 6) is -0.890. The number of fused-ring (bicyclic) bond motifs is 5. The molecule has 1 heterocycles. The molecular formula is C35H46N2O6. The molecule has 4 aliphatic carbocycles. The van der Waals surface area contributed by atoms with E-state index in [1.165, 1.54) is 0 Å². The third-order valence-electron chi connectivity index (χ3n) is 11.9. The summed E-state index contributed by atoms with van der Waals surface area (Å²) in [5, 5.41) is 23.7. The van der Waals surface area contributed by atoms with Crippen molar-refractivity contribution in [2.75, 3.05) is 39.8 Å². The van der Waals surface area contributed by atoms with Crippen LogP contribution in [0, 0.1) is 34.5 Å². The molecule has 8 atom stereocenters. The van der Waals surface area contributed by atoms with Gasteiger partial charge in [-0.15, -0.1) is 0 Å². The Balaban J connectivity index is 1.14. The fraction of sp³-hybridized carbons (Fsp3) is 0.629. The Morgan fingerprint density at radius 2 is 1.88 bits per heavy atom.